The number of hydrogen-bond acceptors (Lipinski definition) is 3. The largest absolute Gasteiger partial charge is 0.465 e. The monoisotopic (exact) mass is 363 g/mol. The number of allylic oxidation sites excluding steroid dienone is 2. The molecule has 0 saturated heterocycles. The first-order chi connectivity index (χ1) is 12.9. The molecular formula is C23H25NO3. The van der Waals surface area contributed by atoms with Gasteiger partial charge in [0.1, 0.15) is 0 Å². The van der Waals surface area contributed by atoms with Gasteiger partial charge in [0.05, 0.1) is 12.7 Å². The predicted molar refractivity (Wildman–Crippen MR) is 108 cm³/mol. The van der Waals surface area contributed by atoms with Gasteiger partial charge in [0.2, 0.25) is 0 Å². The van der Waals surface area contributed by atoms with E-state index >= 15 is 0 Å². The minimum absolute atomic E-state index is 0.0975. The van der Waals surface area contributed by atoms with E-state index in [1.165, 1.54) is 23.8 Å². The summed E-state index contributed by atoms with van der Waals surface area (Å²) in [6, 6.07) is 12.6. The molecule has 1 aliphatic rings. The highest BCUT2D eigenvalue weighted by Crippen LogP contribution is 2.40. The van der Waals surface area contributed by atoms with Gasteiger partial charge in [-0.25, -0.2) is 4.79 Å². The number of carbonyl (C=O) groups is 2. The van der Waals surface area contributed by atoms with Gasteiger partial charge in [0, 0.05) is 11.3 Å². The Kier molecular flexibility index (Phi) is 5.17. The third kappa shape index (κ3) is 3.80. The second-order valence-corrected chi connectivity index (χ2v) is 7.45. The third-order valence-corrected chi connectivity index (χ3v) is 5.16. The summed E-state index contributed by atoms with van der Waals surface area (Å²) in [6.07, 6.45) is 4.30. The maximum absolute atomic E-state index is 12.6. The molecule has 1 N–H and O–H groups in total. The summed E-state index contributed by atoms with van der Waals surface area (Å²) >= 11 is 0. The van der Waals surface area contributed by atoms with Crippen LogP contribution in [-0.4, -0.2) is 19.0 Å². The predicted octanol–water partition coefficient (Wildman–Crippen LogP) is 5.20. The second kappa shape index (κ2) is 7.39. The van der Waals surface area contributed by atoms with E-state index in [2.05, 4.69) is 49.0 Å². The lowest BCUT2D eigenvalue weighted by Crippen LogP contribution is -2.22. The van der Waals surface area contributed by atoms with E-state index in [1.807, 2.05) is 6.07 Å². The number of ether oxygens (including phenoxy) is 1. The average Bonchev–Trinajstić information content (AvgIpc) is 2.67. The Hall–Kier alpha value is -2.88. The Labute approximate surface area is 160 Å². The highest BCUT2D eigenvalue weighted by molar-refractivity contribution is 6.05. The van der Waals surface area contributed by atoms with Gasteiger partial charge < -0.3 is 10.1 Å². The van der Waals surface area contributed by atoms with Crippen molar-refractivity contribution >= 4 is 23.1 Å². The molecule has 0 spiro atoms. The minimum atomic E-state index is -0.418. The molecule has 0 aromatic heterocycles. The Morgan fingerprint density at radius 2 is 1.74 bits per heavy atom. The first-order valence-corrected chi connectivity index (χ1v) is 9.19. The molecule has 0 fully saturated rings. The molecule has 0 saturated carbocycles. The van der Waals surface area contributed by atoms with E-state index in [0.29, 0.717) is 11.1 Å². The van der Waals surface area contributed by atoms with Crippen LogP contribution in [0.2, 0.25) is 0 Å². The van der Waals surface area contributed by atoms with Crippen LogP contribution in [0.1, 0.15) is 65.5 Å². The SMILES string of the molecule is CCC1=CCC(C)(C)c2ccc(NC(=O)c3ccc(C(=O)OC)cc3)cc21. The van der Waals surface area contributed by atoms with Gasteiger partial charge in [0.15, 0.2) is 0 Å². The maximum Gasteiger partial charge on any atom is 0.337 e. The van der Waals surface area contributed by atoms with Crippen molar-refractivity contribution in [1.82, 2.24) is 0 Å². The number of carbonyl (C=O) groups excluding carboxylic acids is 2. The fourth-order valence-electron chi connectivity index (χ4n) is 3.49. The van der Waals surface area contributed by atoms with E-state index in [0.717, 1.165) is 18.5 Å². The van der Waals surface area contributed by atoms with Crippen molar-refractivity contribution in [2.45, 2.75) is 39.0 Å². The van der Waals surface area contributed by atoms with Crippen molar-refractivity contribution in [2.24, 2.45) is 0 Å². The van der Waals surface area contributed by atoms with Crippen molar-refractivity contribution in [3.63, 3.8) is 0 Å². The topological polar surface area (TPSA) is 55.4 Å². The van der Waals surface area contributed by atoms with Gasteiger partial charge in [-0.05, 0) is 71.4 Å². The Morgan fingerprint density at radius 3 is 2.37 bits per heavy atom. The summed E-state index contributed by atoms with van der Waals surface area (Å²) in [5.41, 5.74) is 5.64. The summed E-state index contributed by atoms with van der Waals surface area (Å²) in [6.45, 7) is 6.65. The van der Waals surface area contributed by atoms with Crippen LogP contribution >= 0.6 is 0 Å². The third-order valence-electron chi connectivity index (χ3n) is 5.16. The van der Waals surface area contributed by atoms with Crippen LogP contribution in [-0.2, 0) is 10.2 Å². The summed E-state index contributed by atoms with van der Waals surface area (Å²) in [7, 11) is 1.33. The number of esters is 1. The molecule has 0 atom stereocenters. The molecule has 1 aliphatic carbocycles. The normalized spacial score (nSPS) is 14.7. The second-order valence-electron chi connectivity index (χ2n) is 7.45. The maximum atomic E-state index is 12.6. The summed E-state index contributed by atoms with van der Waals surface area (Å²) < 4.78 is 4.68. The molecule has 0 heterocycles. The zero-order valence-corrected chi connectivity index (χ0v) is 16.3. The van der Waals surface area contributed by atoms with Crippen molar-refractivity contribution in [1.29, 1.82) is 0 Å². The standard InChI is InChI=1S/C23H25NO3/c1-5-15-12-13-23(2,3)20-11-10-18(14-19(15)20)24-21(25)16-6-8-17(9-7-16)22(26)27-4/h6-12,14H,5,13H2,1-4H3,(H,24,25). The average molecular weight is 363 g/mol. The zero-order chi connectivity index (χ0) is 19.6. The number of benzene rings is 2. The summed E-state index contributed by atoms with van der Waals surface area (Å²) in [5, 5.41) is 2.96. The Morgan fingerprint density at radius 1 is 1.07 bits per heavy atom. The zero-order valence-electron chi connectivity index (χ0n) is 16.3. The van der Waals surface area contributed by atoms with Gasteiger partial charge in [-0.15, -0.1) is 0 Å². The highest BCUT2D eigenvalue weighted by Gasteiger charge is 2.27. The smallest absolute Gasteiger partial charge is 0.337 e. The van der Waals surface area contributed by atoms with Crippen molar-refractivity contribution in [3.8, 4) is 0 Å². The van der Waals surface area contributed by atoms with Crippen LogP contribution < -0.4 is 5.32 Å². The lowest BCUT2D eigenvalue weighted by molar-refractivity contribution is 0.0600. The lowest BCUT2D eigenvalue weighted by atomic mass is 9.73. The van der Waals surface area contributed by atoms with Gasteiger partial charge in [0.25, 0.3) is 5.91 Å². The lowest BCUT2D eigenvalue weighted by Gasteiger charge is -2.32. The van der Waals surface area contributed by atoms with Gasteiger partial charge in [-0.3, -0.25) is 4.79 Å². The molecule has 0 bridgehead atoms. The summed E-state index contributed by atoms with van der Waals surface area (Å²) in [4.78, 5) is 24.1. The Bertz CT molecular complexity index is 908. The number of amides is 1. The van der Waals surface area contributed by atoms with Crippen molar-refractivity contribution in [3.05, 3.63) is 70.8 Å². The Balaban J connectivity index is 1.83. The molecule has 27 heavy (non-hydrogen) atoms. The molecule has 2 aromatic carbocycles. The first kappa shape index (κ1) is 18.9. The van der Waals surface area contributed by atoms with Crippen LogP contribution in [0.25, 0.3) is 5.57 Å². The quantitative estimate of drug-likeness (QED) is 0.760. The molecule has 4 heteroatoms. The highest BCUT2D eigenvalue weighted by atomic mass is 16.5. The van der Waals surface area contributed by atoms with Crippen molar-refractivity contribution in [2.75, 3.05) is 12.4 Å². The van der Waals surface area contributed by atoms with E-state index in [-0.39, 0.29) is 11.3 Å². The van der Waals surface area contributed by atoms with Crippen LogP contribution in [0.4, 0.5) is 5.69 Å². The molecule has 3 rings (SSSR count). The van der Waals surface area contributed by atoms with Gasteiger partial charge in [-0.2, -0.15) is 0 Å². The van der Waals surface area contributed by atoms with Crippen LogP contribution in [0, 0.1) is 0 Å². The van der Waals surface area contributed by atoms with E-state index in [9.17, 15) is 9.59 Å². The van der Waals surface area contributed by atoms with Gasteiger partial charge in [-0.1, -0.05) is 32.9 Å². The number of methoxy groups -OCH3 is 1. The van der Waals surface area contributed by atoms with Crippen LogP contribution in [0.3, 0.4) is 0 Å². The number of hydrogen-bond donors (Lipinski definition) is 1. The van der Waals surface area contributed by atoms with E-state index < -0.39 is 5.97 Å². The van der Waals surface area contributed by atoms with E-state index in [1.54, 1.807) is 24.3 Å². The molecule has 0 unspecified atom stereocenters. The minimum Gasteiger partial charge on any atom is -0.465 e. The molecule has 0 radical (unpaired) electrons. The van der Waals surface area contributed by atoms with Crippen LogP contribution in [0.15, 0.2) is 48.5 Å². The number of nitrogens with one attached hydrogen (secondary N) is 1. The fourth-order valence-corrected chi connectivity index (χ4v) is 3.49. The van der Waals surface area contributed by atoms with Crippen LogP contribution in [0.5, 0.6) is 0 Å². The molecule has 2 aromatic rings. The van der Waals surface area contributed by atoms with Crippen molar-refractivity contribution < 1.29 is 14.3 Å². The van der Waals surface area contributed by atoms with Gasteiger partial charge >= 0.3 is 5.97 Å². The number of rotatable bonds is 4. The van der Waals surface area contributed by atoms with E-state index in [4.69, 9.17) is 0 Å². The molecule has 1 amide bonds. The summed E-state index contributed by atoms with van der Waals surface area (Å²) in [5.74, 6) is -0.624. The number of anilines is 1. The fraction of sp³-hybridized carbons (Fsp3) is 0.304. The molecule has 0 aliphatic heterocycles. The molecular weight excluding hydrogens is 338 g/mol. The first-order valence-electron chi connectivity index (χ1n) is 9.19. The number of fused-ring (bicyclic) bond motifs is 1. The molecule has 140 valence electrons. The molecule has 4 nitrogen and oxygen atoms in total.